The second-order valence-corrected chi connectivity index (χ2v) is 13.5. The summed E-state index contributed by atoms with van der Waals surface area (Å²) in [6, 6.07) is 32.9. The molecule has 3 atom stereocenters. The van der Waals surface area contributed by atoms with Crippen molar-refractivity contribution in [3.63, 3.8) is 0 Å². The van der Waals surface area contributed by atoms with Crippen molar-refractivity contribution in [2.45, 2.75) is 37.3 Å². The topological polar surface area (TPSA) is 44.9 Å². The number of nitrogens with zero attached hydrogens (tertiary/aromatic N) is 4. The van der Waals surface area contributed by atoms with E-state index in [0.29, 0.717) is 11.1 Å². The van der Waals surface area contributed by atoms with Gasteiger partial charge in [-0.1, -0.05) is 80.6 Å². The Morgan fingerprint density at radius 3 is 2.60 bits per heavy atom. The lowest BCUT2D eigenvalue weighted by atomic mass is 9.75. The van der Waals surface area contributed by atoms with Gasteiger partial charge in [-0.05, 0) is 59.2 Å². The van der Waals surface area contributed by atoms with Gasteiger partial charge < -0.3 is 9.30 Å². The second kappa shape index (κ2) is 9.88. The fraction of sp³-hybridized carbons (Fsp3) is 0.143. The van der Waals surface area contributed by atoms with E-state index in [1.165, 1.54) is 11.1 Å². The zero-order valence-electron chi connectivity index (χ0n) is 26.5. The molecular formula is C42H31FN4O. The van der Waals surface area contributed by atoms with Gasteiger partial charge in [0, 0.05) is 69.5 Å². The maximum absolute atomic E-state index is 16.7. The molecule has 0 radical (unpaired) electrons. The minimum Gasteiger partial charge on any atom is -0.457 e. The Balaban J connectivity index is 1.08. The Labute approximate surface area is 277 Å². The number of imidazole rings is 1. The standard InChI is InChI=1S/C42H31FN4O/c1-42(2)33-13-4-6-15-37(33)48-38-24-36-31(23-34(38)42)30-12-8-18-44-41(30)47(36)27-10-7-9-25(21-27)39(43)26-16-17-28-29-11-3-5-14-35(29)46-20-19-45-40(46)32(28)22-26/h3-24,28,32,39H,1-2H3. The summed E-state index contributed by atoms with van der Waals surface area (Å²) in [7, 11) is 0. The molecule has 6 heteroatoms. The lowest BCUT2D eigenvalue weighted by molar-refractivity contribution is 0.396. The first-order chi connectivity index (χ1) is 23.5. The van der Waals surface area contributed by atoms with E-state index in [-0.39, 0.29) is 17.3 Å². The second-order valence-electron chi connectivity index (χ2n) is 13.5. The highest BCUT2D eigenvalue weighted by Gasteiger charge is 2.36. The van der Waals surface area contributed by atoms with Crippen LogP contribution in [0.2, 0.25) is 0 Å². The Morgan fingerprint density at radius 1 is 0.792 bits per heavy atom. The van der Waals surface area contributed by atoms with Crippen molar-refractivity contribution in [1.82, 2.24) is 19.1 Å². The van der Waals surface area contributed by atoms with Crippen LogP contribution in [0.4, 0.5) is 4.39 Å². The van der Waals surface area contributed by atoms with Gasteiger partial charge in [-0.15, -0.1) is 0 Å². The van der Waals surface area contributed by atoms with Crippen LogP contribution in [0.15, 0.2) is 139 Å². The maximum atomic E-state index is 16.7. The van der Waals surface area contributed by atoms with Crippen LogP contribution in [-0.4, -0.2) is 19.1 Å². The van der Waals surface area contributed by atoms with Crippen molar-refractivity contribution in [3.05, 3.63) is 168 Å². The number of fused-ring (bicyclic) bond motifs is 11. The van der Waals surface area contributed by atoms with Crippen LogP contribution in [0.25, 0.3) is 33.3 Å². The normalized spacial score (nSPS) is 19.0. The van der Waals surface area contributed by atoms with Crippen molar-refractivity contribution < 1.29 is 9.13 Å². The zero-order valence-corrected chi connectivity index (χ0v) is 26.5. The number of halogens is 1. The summed E-state index contributed by atoms with van der Waals surface area (Å²) in [6.07, 6.45) is 10.5. The van der Waals surface area contributed by atoms with E-state index in [0.717, 1.165) is 56.2 Å². The smallest absolute Gasteiger partial charge is 0.150 e. The molecule has 2 aliphatic heterocycles. The van der Waals surface area contributed by atoms with E-state index < -0.39 is 6.17 Å². The van der Waals surface area contributed by atoms with Crippen LogP contribution >= 0.6 is 0 Å². The average molecular weight is 627 g/mol. The Morgan fingerprint density at radius 2 is 1.67 bits per heavy atom. The summed E-state index contributed by atoms with van der Waals surface area (Å²) in [4.78, 5) is 9.54. The number of hydrogen-bond acceptors (Lipinski definition) is 3. The van der Waals surface area contributed by atoms with Crippen molar-refractivity contribution in [2.75, 3.05) is 0 Å². The van der Waals surface area contributed by atoms with Gasteiger partial charge in [0.25, 0.3) is 0 Å². The third-order valence-electron chi connectivity index (χ3n) is 10.6. The third kappa shape index (κ3) is 3.77. The molecule has 0 saturated heterocycles. The maximum Gasteiger partial charge on any atom is 0.150 e. The molecule has 4 aromatic carbocycles. The van der Waals surface area contributed by atoms with Crippen LogP contribution in [0.5, 0.6) is 11.5 Å². The minimum atomic E-state index is -1.31. The van der Waals surface area contributed by atoms with E-state index in [1.54, 1.807) is 0 Å². The van der Waals surface area contributed by atoms with Crippen molar-refractivity contribution in [1.29, 1.82) is 0 Å². The van der Waals surface area contributed by atoms with E-state index in [2.05, 4.69) is 89.7 Å². The predicted molar refractivity (Wildman–Crippen MR) is 187 cm³/mol. The fourth-order valence-corrected chi connectivity index (χ4v) is 8.21. The average Bonchev–Trinajstić information content (AvgIpc) is 3.74. The van der Waals surface area contributed by atoms with Gasteiger partial charge in [0.05, 0.1) is 11.2 Å². The van der Waals surface area contributed by atoms with Crippen LogP contribution in [-0.2, 0) is 5.41 Å². The van der Waals surface area contributed by atoms with Gasteiger partial charge in [0.15, 0.2) is 6.17 Å². The van der Waals surface area contributed by atoms with E-state index in [1.807, 2.05) is 67.1 Å². The quantitative estimate of drug-likeness (QED) is 0.196. The molecule has 3 aromatic heterocycles. The molecular weight excluding hydrogens is 595 g/mol. The van der Waals surface area contributed by atoms with Crippen LogP contribution < -0.4 is 4.74 Å². The lowest BCUT2D eigenvalue weighted by Crippen LogP contribution is -2.24. The van der Waals surface area contributed by atoms with Crippen LogP contribution in [0.3, 0.4) is 0 Å². The predicted octanol–water partition coefficient (Wildman–Crippen LogP) is 10.2. The van der Waals surface area contributed by atoms with Crippen LogP contribution in [0, 0.1) is 0 Å². The number of allylic oxidation sites excluding steroid dienone is 4. The highest BCUT2D eigenvalue weighted by molar-refractivity contribution is 6.09. The van der Waals surface area contributed by atoms with Crippen molar-refractivity contribution >= 4 is 21.9 Å². The molecule has 1 aliphatic carbocycles. The van der Waals surface area contributed by atoms with Gasteiger partial charge in [-0.3, -0.25) is 4.57 Å². The van der Waals surface area contributed by atoms with Gasteiger partial charge in [0.2, 0.25) is 0 Å². The summed E-state index contributed by atoms with van der Waals surface area (Å²) in [6.45, 7) is 4.49. The molecule has 5 nitrogen and oxygen atoms in total. The third-order valence-corrected chi connectivity index (χ3v) is 10.6. The number of alkyl halides is 1. The summed E-state index contributed by atoms with van der Waals surface area (Å²) in [5.74, 6) is 2.71. The lowest BCUT2D eigenvalue weighted by Gasteiger charge is -2.34. The fourth-order valence-electron chi connectivity index (χ4n) is 8.21. The summed E-state index contributed by atoms with van der Waals surface area (Å²) >= 11 is 0. The van der Waals surface area contributed by atoms with Gasteiger partial charge >= 0.3 is 0 Å². The first-order valence-corrected chi connectivity index (χ1v) is 16.5. The molecule has 48 heavy (non-hydrogen) atoms. The van der Waals surface area contributed by atoms with E-state index >= 15 is 4.39 Å². The highest BCUT2D eigenvalue weighted by Crippen LogP contribution is 2.51. The molecule has 0 saturated carbocycles. The van der Waals surface area contributed by atoms with Crippen LogP contribution in [0.1, 0.15) is 59.9 Å². The Kier molecular flexibility index (Phi) is 5.63. The molecule has 3 unspecified atom stereocenters. The number of para-hydroxylation sites is 2. The Hall–Kier alpha value is -5.75. The number of benzene rings is 4. The van der Waals surface area contributed by atoms with Crippen molar-refractivity contribution in [2.24, 2.45) is 0 Å². The monoisotopic (exact) mass is 626 g/mol. The van der Waals surface area contributed by atoms with Gasteiger partial charge in [0.1, 0.15) is 23.0 Å². The first-order valence-electron chi connectivity index (χ1n) is 16.5. The van der Waals surface area contributed by atoms with Gasteiger partial charge in [-0.25, -0.2) is 14.4 Å². The van der Waals surface area contributed by atoms with Gasteiger partial charge in [-0.2, -0.15) is 0 Å². The number of hydrogen-bond donors (Lipinski definition) is 0. The molecule has 0 amide bonds. The Bertz CT molecular complexity index is 2520. The summed E-state index contributed by atoms with van der Waals surface area (Å²) in [5.41, 5.74) is 8.31. The number of rotatable bonds is 3. The molecule has 3 aliphatic rings. The molecule has 0 bridgehead atoms. The number of ether oxygens (including phenoxy) is 1. The first kappa shape index (κ1) is 27.4. The number of aromatic nitrogens is 4. The van der Waals surface area contributed by atoms with E-state index in [4.69, 9.17) is 14.7 Å². The SMILES string of the molecule is CC1(C)c2ccccc2Oc2cc3c(cc21)c1cccnc1n3-c1cccc(C(F)C2=CC3c4nccn4-c4ccccc4C3C=C2)c1. The molecule has 232 valence electrons. The zero-order chi connectivity index (χ0) is 32.1. The molecule has 7 aromatic rings. The summed E-state index contributed by atoms with van der Waals surface area (Å²) in [5, 5.41) is 2.14. The molecule has 0 N–H and O–H groups in total. The molecule has 5 heterocycles. The largest absolute Gasteiger partial charge is 0.457 e. The molecule has 0 fully saturated rings. The van der Waals surface area contributed by atoms with E-state index in [9.17, 15) is 0 Å². The molecule has 10 rings (SSSR count). The minimum absolute atomic E-state index is 0.0431. The summed E-state index contributed by atoms with van der Waals surface area (Å²) < 4.78 is 27.5. The number of pyridine rings is 1. The molecule has 0 spiro atoms. The van der Waals surface area contributed by atoms with Crippen molar-refractivity contribution in [3.8, 4) is 22.9 Å². The highest BCUT2D eigenvalue weighted by atomic mass is 19.1.